The second kappa shape index (κ2) is 11.1. The van der Waals surface area contributed by atoms with Crippen LogP contribution < -0.4 is 4.74 Å². The monoisotopic (exact) mass is 517 g/mol. The minimum atomic E-state index is -1.34. The number of likely N-dealkylation sites (tertiary alicyclic amines) is 1. The van der Waals surface area contributed by atoms with Crippen LogP contribution >= 0.6 is 11.8 Å². The summed E-state index contributed by atoms with van der Waals surface area (Å²) in [5, 5.41) is 9.53. The number of thioether (sulfide) groups is 1. The van der Waals surface area contributed by atoms with Gasteiger partial charge in [-0.05, 0) is 68.3 Å². The van der Waals surface area contributed by atoms with Crippen molar-refractivity contribution in [3.8, 4) is 5.75 Å². The van der Waals surface area contributed by atoms with Gasteiger partial charge in [-0.25, -0.2) is 4.79 Å². The molecule has 1 aliphatic heterocycles. The number of ether oxygens (including phenoxy) is 1. The van der Waals surface area contributed by atoms with E-state index >= 15 is 0 Å². The molecule has 1 heterocycles. The van der Waals surface area contributed by atoms with Crippen LogP contribution in [0.25, 0.3) is 0 Å². The lowest BCUT2D eigenvalue weighted by Gasteiger charge is -2.26. The molecule has 0 aliphatic carbocycles. The van der Waals surface area contributed by atoms with Gasteiger partial charge in [-0.15, -0.1) is 11.8 Å². The summed E-state index contributed by atoms with van der Waals surface area (Å²) >= 11 is 1.66. The van der Waals surface area contributed by atoms with E-state index in [1.54, 1.807) is 25.6 Å². The topological polar surface area (TPSA) is 66.8 Å². The molecule has 3 aromatic carbocycles. The number of carboxylic acids is 1. The minimum Gasteiger partial charge on any atom is -0.478 e. The first-order chi connectivity index (χ1) is 17.6. The van der Waals surface area contributed by atoms with Gasteiger partial charge in [0.05, 0.1) is 0 Å². The average molecular weight is 518 g/mol. The molecule has 194 valence electrons. The zero-order chi connectivity index (χ0) is 26.7. The fourth-order valence-electron chi connectivity index (χ4n) is 5.09. The summed E-state index contributed by atoms with van der Waals surface area (Å²) in [7, 11) is 0. The third-order valence-electron chi connectivity index (χ3n) is 7.14. The van der Waals surface area contributed by atoms with Gasteiger partial charge in [0.25, 0.3) is 0 Å². The van der Waals surface area contributed by atoms with Crippen LogP contribution in [-0.4, -0.2) is 46.7 Å². The van der Waals surface area contributed by atoms with Crippen LogP contribution in [0.1, 0.15) is 52.4 Å². The zero-order valence-corrected chi connectivity index (χ0v) is 23.0. The van der Waals surface area contributed by atoms with E-state index in [0.29, 0.717) is 12.3 Å². The Kier molecular flexibility index (Phi) is 8.10. The van der Waals surface area contributed by atoms with Gasteiger partial charge in [-0.3, -0.25) is 9.69 Å². The molecule has 1 aliphatic rings. The van der Waals surface area contributed by atoms with E-state index in [1.165, 1.54) is 5.56 Å². The Bertz CT molecular complexity index is 1250. The number of rotatable bonds is 9. The fraction of sp³-hybridized carbons (Fsp3) is 0.355. The van der Waals surface area contributed by atoms with Gasteiger partial charge >= 0.3 is 5.97 Å². The highest BCUT2D eigenvalue weighted by molar-refractivity contribution is 7.98. The second-order valence-electron chi connectivity index (χ2n) is 10.4. The number of nitrogens with zero attached hydrogens (tertiary/aromatic N) is 1. The van der Waals surface area contributed by atoms with Gasteiger partial charge in [-0.2, -0.15) is 0 Å². The first-order valence-corrected chi connectivity index (χ1v) is 13.8. The molecule has 2 atom stereocenters. The third kappa shape index (κ3) is 6.08. The summed E-state index contributed by atoms with van der Waals surface area (Å²) in [6.07, 6.45) is 2.03. The lowest BCUT2D eigenvalue weighted by atomic mass is 9.82. The highest BCUT2D eigenvalue weighted by atomic mass is 32.2. The SMILES string of the molecule is CSc1ccc(C(=O)[C@H]2CN(Cc3ccccc3)C[C@@H]2c2cc(C)c(OC(C)(C)C(=O)O)c(C)c2)cc1. The first kappa shape index (κ1) is 27.0. The Balaban J connectivity index is 1.66. The Morgan fingerprint density at radius 1 is 1.00 bits per heavy atom. The molecular weight excluding hydrogens is 482 g/mol. The van der Waals surface area contributed by atoms with Crippen molar-refractivity contribution in [3.63, 3.8) is 0 Å². The first-order valence-electron chi connectivity index (χ1n) is 12.6. The van der Waals surface area contributed by atoms with Crippen molar-refractivity contribution in [2.45, 2.75) is 50.7 Å². The van der Waals surface area contributed by atoms with Gasteiger partial charge in [0, 0.05) is 41.9 Å². The molecule has 0 amide bonds. The molecule has 1 fully saturated rings. The van der Waals surface area contributed by atoms with Crippen molar-refractivity contribution in [2.75, 3.05) is 19.3 Å². The summed E-state index contributed by atoms with van der Waals surface area (Å²) in [5.41, 5.74) is 3.47. The largest absolute Gasteiger partial charge is 0.478 e. The van der Waals surface area contributed by atoms with E-state index in [4.69, 9.17) is 4.74 Å². The van der Waals surface area contributed by atoms with Crippen LogP contribution in [0.15, 0.2) is 71.6 Å². The van der Waals surface area contributed by atoms with E-state index in [0.717, 1.165) is 40.2 Å². The number of carboxylic acid groups (broad SMARTS) is 1. The molecule has 1 N–H and O–H groups in total. The molecule has 0 spiro atoms. The number of hydrogen-bond acceptors (Lipinski definition) is 5. The highest BCUT2D eigenvalue weighted by Crippen LogP contribution is 2.39. The molecule has 0 radical (unpaired) electrons. The molecule has 0 saturated carbocycles. The molecule has 0 unspecified atom stereocenters. The Hall–Kier alpha value is -3.09. The Labute approximate surface area is 223 Å². The van der Waals surface area contributed by atoms with Crippen LogP contribution in [-0.2, 0) is 11.3 Å². The van der Waals surface area contributed by atoms with Crippen molar-refractivity contribution in [2.24, 2.45) is 5.92 Å². The Morgan fingerprint density at radius 3 is 2.19 bits per heavy atom. The molecule has 4 rings (SSSR count). The number of aliphatic carboxylic acids is 1. The van der Waals surface area contributed by atoms with Crippen molar-refractivity contribution in [1.82, 2.24) is 4.90 Å². The summed E-state index contributed by atoms with van der Waals surface area (Å²) in [6.45, 7) is 9.24. The molecule has 3 aromatic rings. The molecule has 37 heavy (non-hydrogen) atoms. The maximum atomic E-state index is 13.8. The van der Waals surface area contributed by atoms with Gasteiger partial charge in [0.1, 0.15) is 5.75 Å². The maximum absolute atomic E-state index is 13.8. The molecule has 5 nitrogen and oxygen atoms in total. The van der Waals surface area contributed by atoms with E-state index in [-0.39, 0.29) is 17.6 Å². The maximum Gasteiger partial charge on any atom is 0.347 e. The van der Waals surface area contributed by atoms with E-state index in [2.05, 4.69) is 29.2 Å². The van der Waals surface area contributed by atoms with E-state index in [1.807, 2.05) is 62.6 Å². The number of ketones is 1. The number of hydrogen-bond donors (Lipinski definition) is 1. The quantitative estimate of drug-likeness (QED) is 0.263. The predicted octanol–water partition coefficient (Wildman–Crippen LogP) is 6.37. The summed E-state index contributed by atoms with van der Waals surface area (Å²) in [5.74, 6) is -0.414. The number of aryl methyl sites for hydroxylation is 2. The fourth-order valence-corrected chi connectivity index (χ4v) is 5.49. The second-order valence-corrected chi connectivity index (χ2v) is 11.3. The number of Topliss-reactive ketones (excluding diaryl/α,β-unsaturated/α-hetero) is 1. The molecular formula is C31H35NO4S. The van der Waals surface area contributed by atoms with Crippen molar-refractivity contribution >= 4 is 23.5 Å². The van der Waals surface area contributed by atoms with Crippen LogP contribution in [0.5, 0.6) is 5.75 Å². The zero-order valence-electron chi connectivity index (χ0n) is 22.2. The van der Waals surface area contributed by atoms with Crippen LogP contribution in [0.3, 0.4) is 0 Å². The van der Waals surface area contributed by atoms with Gasteiger partial charge < -0.3 is 9.84 Å². The van der Waals surface area contributed by atoms with E-state index < -0.39 is 11.6 Å². The van der Waals surface area contributed by atoms with Crippen LogP contribution in [0.2, 0.25) is 0 Å². The van der Waals surface area contributed by atoms with Crippen molar-refractivity contribution in [1.29, 1.82) is 0 Å². The summed E-state index contributed by atoms with van der Waals surface area (Å²) in [4.78, 5) is 28.9. The van der Waals surface area contributed by atoms with Gasteiger partial charge in [-0.1, -0.05) is 54.6 Å². The van der Waals surface area contributed by atoms with Crippen molar-refractivity contribution < 1.29 is 19.4 Å². The number of carbonyl (C=O) groups excluding carboxylic acids is 1. The lowest BCUT2D eigenvalue weighted by molar-refractivity contribution is -0.152. The minimum absolute atomic E-state index is 0.0235. The smallest absolute Gasteiger partial charge is 0.347 e. The molecule has 0 bridgehead atoms. The van der Waals surface area contributed by atoms with E-state index in [9.17, 15) is 14.7 Å². The molecule has 1 saturated heterocycles. The molecule has 0 aromatic heterocycles. The summed E-state index contributed by atoms with van der Waals surface area (Å²) in [6, 6.07) is 22.4. The highest BCUT2D eigenvalue weighted by Gasteiger charge is 2.39. The average Bonchev–Trinajstić information content (AvgIpc) is 3.30. The lowest BCUT2D eigenvalue weighted by Crippen LogP contribution is -2.38. The third-order valence-corrected chi connectivity index (χ3v) is 7.88. The van der Waals surface area contributed by atoms with Crippen LogP contribution in [0.4, 0.5) is 0 Å². The standard InChI is InChI=1S/C31H35NO4S/c1-20-15-24(16-21(2)29(20)36-31(3,4)30(34)35)26-18-32(17-22-9-7-6-8-10-22)19-27(26)28(33)23-11-13-25(37-5)14-12-23/h6-16,26-27H,17-19H2,1-5H3,(H,34,35)/t26-,27+/m1/s1. The normalized spacial score (nSPS) is 18.1. The van der Waals surface area contributed by atoms with Gasteiger partial charge in [0.2, 0.25) is 0 Å². The predicted molar refractivity (Wildman–Crippen MR) is 149 cm³/mol. The van der Waals surface area contributed by atoms with Crippen LogP contribution in [0, 0.1) is 19.8 Å². The Morgan fingerprint density at radius 2 is 1.62 bits per heavy atom. The number of carbonyl (C=O) groups is 2. The molecule has 6 heteroatoms. The van der Waals surface area contributed by atoms with Gasteiger partial charge in [0.15, 0.2) is 11.4 Å². The number of benzene rings is 3. The van der Waals surface area contributed by atoms with Crippen molar-refractivity contribution in [3.05, 3.63) is 94.5 Å². The summed E-state index contributed by atoms with van der Waals surface area (Å²) < 4.78 is 5.93.